The molecule has 134 valence electrons. The second kappa shape index (κ2) is 11.0. The predicted octanol–water partition coefficient (Wildman–Crippen LogP) is 2.02. The zero-order chi connectivity index (χ0) is 13.9. The molecule has 1 N–H and O–H groups in total. The first kappa shape index (κ1) is 23.2. The molecule has 1 aromatic heterocycles. The quantitative estimate of drug-likeness (QED) is 0.809. The molecule has 0 radical (unpaired) electrons. The Kier molecular flexibility index (Phi) is 11.1. The van der Waals surface area contributed by atoms with E-state index in [0.717, 1.165) is 49.4 Å². The number of carbonyl (C=O) groups excluding carboxylic acids is 1. The van der Waals surface area contributed by atoms with Crippen molar-refractivity contribution in [2.24, 2.45) is 0 Å². The summed E-state index contributed by atoms with van der Waals surface area (Å²) in [5.74, 6) is 2.10. The summed E-state index contributed by atoms with van der Waals surface area (Å²) in [6.45, 7) is 6.62. The molecule has 10 heteroatoms. The number of piperazine rings is 1. The van der Waals surface area contributed by atoms with Gasteiger partial charge in [0.1, 0.15) is 0 Å². The van der Waals surface area contributed by atoms with Crippen molar-refractivity contribution >= 4 is 66.2 Å². The van der Waals surface area contributed by atoms with Crippen molar-refractivity contribution in [2.45, 2.75) is 19.5 Å². The summed E-state index contributed by atoms with van der Waals surface area (Å²) in [5.41, 5.74) is 0. The molecule has 5 nitrogen and oxygen atoms in total. The van der Waals surface area contributed by atoms with Crippen LogP contribution in [0.4, 0.5) is 0 Å². The van der Waals surface area contributed by atoms with E-state index >= 15 is 0 Å². The molecule has 2 aliphatic rings. The number of thiazole rings is 1. The van der Waals surface area contributed by atoms with E-state index in [1.54, 1.807) is 23.1 Å². The minimum absolute atomic E-state index is 0. The largest absolute Gasteiger partial charge is 0.339 e. The summed E-state index contributed by atoms with van der Waals surface area (Å²) in [7, 11) is 0. The van der Waals surface area contributed by atoms with Gasteiger partial charge < -0.3 is 4.90 Å². The number of halogens is 3. The highest BCUT2D eigenvalue weighted by Gasteiger charge is 2.29. The van der Waals surface area contributed by atoms with E-state index in [9.17, 15) is 4.79 Å². The Hall–Kier alpha value is 0.240. The maximum atomic E-state index is 12.3. The topological polar surface area (TPSA) is 48.5 Å². The van der Waals surface area contributed by atoms with Crippen LogP contribution in [0.5, 0.6) is 0 Å². The molecule has 2 fully saturated rings. The number of nitrogens with one attached hydrogen (secondary N) is 1. The fourth-order valence-corrected chi connectivity index (χ4v) is 4.37. The summed E-state index contributed by atoms with van der Waals surface area (Å²) in [6.07, 6.45) is 1.97. The lowest BCUT2D eigenvalue weighted by atomic mass is 10.2. The highest BCUT2D eigenvalue weighted by Crippen LogP contribution is 2.17. The van der Waals surface area contributed by atoms with Gasteiger partial charge in [0.05, 0.1) is 11.0 Å². The molecular formula is C13H23Cl3N4OS2. The van der Waals surface area contributed by atoms with Gasteiger partial charge in [0.2, 0.25) is 5.91 Å². The zero-order valence-electron chi connectivity index (χ0n) is 12.9. The van der Waals surface area contributed by atoms with Crippen LogP contribution in [0.2, 0.25) is 0 Å². The predicted molar refractivity (Wildman–Crippen MR) is 105 cm³/mol. The lowest BCUT2D eigenvalue weighted by molar-refractivity contribution is -0.134. The van der Waals surface area contributed by atoms with Gasteiger partial charge in [-0.1, -0.05) is 0 Å². The molecule has 0 spiro atoms. The standard InChI is InChI=1S/C13H20N4OS2.3ClH/c1-10-14-6-11(20-10)7-16-2-4-17(5-3-16)13(18)12-8-19-9-15-12;;;/h6,12,15H,2-5,7-9H2,1H3;3*1H. The van der Waals surface area contributed by atoms with E-state index in [0.29, 0.717) is 0 Å². The maximum absolute atomic E-state index is 12.3. The monoisotopic (exact) mass is 420 g/mol. The number of hydrogen-bond donors (Lipinski definition) is 1. The number of aromatic nitrogens is 1. The molecule has 3 heterocycles. The van der Waals surface area contributed by atoms with E-state index in [4.69, 9.17) is 0 Å². The Bertz CT molecular complexity index is 478. The van der Waals surface area contributed by atoms with Crippen LogP contribution in [-0.2, 0) is 11.3 Å². The van der Waals surface area contributed by atoms with Crippen LogP contribution in [0, 0.1) is 6.92 Å². The Morgan fingerprint density at radius 2 is 2.00 bits per heavy atom. The third-order valence-electron chi connectivity index (χ3n) is 3.75. The van der Waals surface area contributed by atoms with E-state index in [1.807, 2.05) is 18.0 Å². The van der Waals surface area contributed by atoms with E-state index in [2.05, 4.69) is 15.2 Å². The van der Waals surface area contributed by atoms with Crippen LogP contribution in [0.3, 0.4) is 0 Å². The molecule has 1 unspecified atom stereocenters. The Morgan fingerprint density at radius 1 is 1.30 bits per heavy atom. The van der Waals surface area contributed by atoms with E-state index in [-0.39, 0.29) is 49.2 Å². The molecule has 1 aromatic rings. The average molecular weight is 422 g/mol. The van der Waals surface area contributed by atoms with Gasteiger partial charge in [-0.05, 0) is 6.92 Å². The lowest BCUT2D eigenvalue weighted by Gasteiger charge is -2.35. The fourth-order valence-electron chi connectivity index (χ4n) is 2.60. The van der Waals surface area contributed by atoms with Gasteiger partial charge in [-0.25, -0.2) is 4.98 Å². The molecule has 23 heavy (non-hydrogen) atoms. The summed E-state index contributed by atoms with van der Waals surface area (Å²) in [5, 5.41) is 4.38. The first-order chi connectivity index (χ1) is 9.72. The van der Waals surface area contributed by atoms with E-state index < -0.39 is 0 Å². The number of carbonyl (C=O) groups is 1. The number of rotatable bonds is 3. The number of hydrogen-bond acceptors (Lipinski definition) is 6. The van der Waals surface area contributed by atoms with Crippen molar-refractivity contribution < 1.29 is 4.79 Å². The van der Waals surface area contributed by atoms with Crippen molar-refractivity contribution in [1.82, 2.24) is 20.1 Å². The minimum Gasteiger partial charge on any atom is -0.339 e. The highest BCUT2D eigenvalue weighted by molar-refractivity contribution is 7.99. The normalized spacial score (nSPS) is 21.1. The van der Waals surface area contributed by atoms with Crippen LogP contribution in [0.25, 0.3) is 0 Å². The first-order valence-electron chi connectivity index (χ1n) is 6.96. The molecule has 0 saturated carbocycles. The third kappa shape index (κ3) is 6.23. The summed E-state index contributed by atoms with van der Waals surface area (Å²) in [4.78, 5) is 22.3. The summed E-state index contributed by atoms with van der Waals surface area (Å²) < 4.78 is 0. The van der Waals surface area contributed by atoms with Crippen LogP contribution >= 0.6 is 60.3 Å². The van der Waals surface area contributed by atoms with Crippen molar-refractivity contribution in [3.63, 3.8) is 0 Å². The van der Waals surface area contributed by atoms with Crippen molar-refractivity contribution in [2.75, 3.05) is 37.8 Å². The van der Waals surface area contributed by atoms with Crippen LogP contribution in [0.1, 0.15) is 9.88 Å². The maximum Gasteiger partial charge on any atom is 0.240 e. The third-order valence-corrected chi connectivity index (χ3v) is 5.58. The molecule has 1 atom stereocenters. The number of aryl methyl sites for hydroxylation is 1. The summed E-state index contributed by atoms with van der Waals surface area (Å²) in [6, 6.07) is 0.0377. The van der Waals surface area contributed by atoms with Gasteiger partial charge in [-0.2, -0.15) is 0 Å². The molecule has 0 bridgehead atoms. The van der Waals surface area contributed by atoms with Crippen molar-refractivity contribution in [1.29, 1.82) is 0 Å². The number of amides is 1. The van der Waals surface area contributed by atoms with Crippen LogP contribution in [-0.4, -0.2) is 64.5 Å². The van der Waals surface area contributed by atoms with E-state index in [1.165, 1.54) is 4.88 Å². The zero-order valence-corrected chi connectivity index (χ0v) is 17.0. The van der Waals surface area contributed by atoms with Crippen molar-refractivity contribution in [3.05, 3.63) is 16.1 Å². The molecule has 1 amide bonds. The molecule has 3 rings (SSSR count). The van der Waals surface area contributed by atoms with Gasteiger partial charge >= 0.3 is 0 Å². The van der Waals surface area contributed by atoms with Crippen LogP contribution in [0.15, 0.2) is 6.20 Å². The van der Waals surface area contributed by atoms with Crippen molar-refractivity contribution in [3.8, 4) is 0 Å². The molecule has 2 saturated heterocycles. The second-order valence-electron chi connectivity index (χ2n) is 5.22. The smallest absolute Gasteiger partial charge is 0.240 e. The first-order valence-corrected chi connectivity index (χ1v) is 8.93. The number of nitrogens with zero attached hydrogens (tertiary/aromatic N) is 3. The molecule has 2 aliphatic heterocycles. The number of thioether (sulfide) groups is 1. The molecular weight excluding hydrogens is 399 g/mol. The minimum atomic E-state index is 0. The summed E-state index contributed by atoms with van der Waals surface area (Å²) >= 11 is 3.57. The average Bonchev–Trinajstić information content (AvgIpc) is 3.11. The Morgan fingerprint density at radius 3 is 2.52 bits per heavy atom. The van der Waals surface area contributed by atoms with Gasteiger partial charge in [-0.3, -0.25) is 15.0 Å². The van der Waals surface area contributed by atoms with Gasteiger partial charge in [0, 0.05) is 55.4 Å². The SMILES string of the molecule is Cc1ncc(CN2CCN(C(=O)C3CSCN3)CC2)s1.Cl.Cl.Cl. The lowest BCUT2D eigenvalue weighted by Crippen LogP contribution is -2.53. The van der Waals surface area contributed by atoms with Gasteiger partial charge in [-0.15, -0.1) is 60.3 Å². The Balaban J connectivity index is 0.00000161. The second-order valence-corrected chi connectivity index (χ2v) is 7.57. The van der Waals surface area contributed by atoms with Gasteiger partial charge in [0.15, 0.2) is 0 Å². The van der Waals surface area contributed by atoms with Gasteiger partial charge in [0.25, 0.3) is 0 Å². The fraction of sp³-hybridized carbons (Fsp3) is 0.692. The molecule has 0 aromatic carbocycles. The Labute approximate surface area is 164 Å². The van der Waals surface area contributed by atoms with Crippen LogP contribution < -0.4 is 5.32 Å². The molecule has 0 aliphatic carbocycles. The highest BCUT2D eigenvalue weighted by atomic mass is 35.5.